The average molecular weight is 467 g/mol. The van der Waals surface area contributed by atoms with Crippen LogP contribution in [0.2, 0.25) is 0 Å². The predicted octanol–water partition coefficient (Wildman–Crippen LogP) is 6.02. The molecule has 5 heteroatoms. The maximum absolute atomic E-state index is 6.39. The number of pyridine rings is 1. The van der Waals surface area contributed by atoms with Crippen molar-refractivity contribution in [2.24, 2.45) is 0 Å². The molecule has 1 aliphatic heterocycles. The van der Waals surface area contributed by atoms with E-state index in [2.05, 4.69) is 79.5 Å². The quantitative estimate of drug-likeness (QED) is 0.352. The third kappa shape index (κ3) is 4.56. The maximum atomic E-state index is 6.39. The van der Waals surface area contributed by atoms with Gasteiger partial charge in [0, 0.05) is 38.0 Å². The van der Waals surface area contributed by atoms with Crippen molar-refractivity contribution < 1.29 is 4.74 Å². The van der Waals surface area contributed by atoms with Crippen LogP contribution in [0.1, 0.15) is 46.4 Å². The van der Waals surface area contributed by atoms with Gasteiger partial charge in [-0.2, -0.15) is 0 Å². The summed E-state index contributed by atoms with van der Waals surface area (Å²) < 4.78 is 6.10. The first-order chi connectivity index (χ1) is 16.9. The van der Waals surface area contributed by atoms with E-state index in [1.165, 1.54) is 22.3 Å². The highest BCUT2D eigenvalue weighted by Gasteiger charge is 2.20. The summed E-state index contributed by atoms with van der Waals surface area (Å²) >= 11 is 0. The number of nitrogens with two attached hydrogens (primary N) is 1. The Kier molecular flexibility index (Phi) is 6.35. The van der Waals surface area contributed by atoms with Crippen LogP contribution in [0.25, 0.3) is 10.9 Å². The van der Waals surface area contributed by atoms with E-state index in [0.29, 0.717) is 6.61 Å². The first-order valence-corrected chi connectivity index (χ1v) is 12.3. The van der Waals surface area contributed by atoms with E-state index in [1.54, 1.807) is 0 Å². The Morgan fingerprint density at radius 2 is 1.91 bits per heavy atom. The fourth-order valence-corrected chi connectivity index (χ4v) is 5.07. The molecule has 0 amide bonds. The molecule has 0 saturated heterocycles. The van der Waals surface area contributed by atoms with E-state index >= 15 is 0 Å². The SMILES string of the molecule is CNc1ccc(C(C)c2ccc(C)c(CN3CCOc4cc5ccccc5nc4C3)c2)c(C)c1N. The number of hydrogen-bond acceptors (Lipinski definition) is 5. The predicted molar refractivity (Wildman–Crippen MR) is 145 cm³/mol. The third-order valence-electron chi connectivity index (χ3n) is 7.36. The van der Waals surface area contributed by atoms with Crippen molar-refractivity contribution in [1.82, 2.24) is 9.88 Å². The Morgan fingerprint density at radius 3 is 2.74 bits per heavy atom. The van der Waals surface area contributed by atoms with Gasteiger partial charge in [0.25, 0.3) is 0 Å². The summed E-state index contributed by atoms with van der Waals surface area (Å²) in [6.07, 6.45) is 0. The fourth-order valence-electron chi connectivity index (χ4n) is 5.07. The summed E-state index contributed by atoms with van der Waals surface area (Å²) in [5.74, 6) is 1.16. The van der Waals surface area contributed by atoms with E-state index in [-0.39, 0.29) is 5.92 Å². The van der Waals surface area contributed by atoms with Gasteiger partial charge < -0.3 is 15.8 Å². The highest BCUT2D eigenvalue weighted by atomic mass is 16.5. The lowest BCUT2D eigenvalue weighted by molar-refractivity contribution is 0.219. The monoisotopic (exact) mass is 466 g/mol. The first kappa shape index (κ1) is 23.2. The highest BCUT2D eigenvalue weighted by Crippen LogP contribution is 2.34. The van der Waals surface area contributed by atoms with Gasteiger partial charge >= 0.3 is 0 Å². The van der Waals surface area contributed by atoms with Crippen LogP contribution in [0, 0.1) is 13.8 Å². The number of para-hydroxylation sites is 1. The molecule has 0 aliphatic carbocycles. The molecule has 5 rings (SSSR count). The zero-order valence-corrected chi connectivity index (χ0v) is 21.1. The lowest BCUT2D eigenvalue weighted by Gasteiger charge is -2.23. The van der Waals surface area contributed by atoms with Gasteiger partial charge in [-0.3, -0.25) is 4.90 Å². The zero-order chi connectivity index (χ0) is 24.5. The van der Waals surface area contributed by atoms with Crippen LogP contribution in [0.3, 0.4) is 0 Å². The summed E-state index contributed by atoms with van der Waals surface area (Å²) in [6, 6.07) is 21.5. The van der Waals surface area contributed by atoms with Crippen molar-refractivity contribution in [3.8, 4) is 5.75 Å². The van der Waals surface area contributed by atoms with E-state index in [1.807, 2.05) is 19.2 Å². The molecule has 1 aromatic heterocycles. The van der Waals surface area contributed by atoms with E-state index in [9.17, 15) is 0 Å². The Labute approximate surface area is 207 Å². The molecule has 0 saturated carbocycles. The Bertz CT molecular complexity index is 1380. The van der Waals surface area contributed by atoms with Crippen LogP contribution in [-0.2, 0) is 13.1 Å². The smallest absolute Gasteiger partial charge is 0.142 e. The van der Waals surface area contributed by atoms with E-state index in [0.717, 1.165) is 58.9 Å². The van der Waals surface area contributed by atoms with Gasteiger partial charge in [0.05, 0.1) is 22.6 Å². The van der Waals surface area contributed by atoms with Crippen molar-refractivity contribution in [2.45, 2.75) is 39.8 Å². The van der Waals surface area contributed by atoms with Gasteiger partial charge in [0.2, 0.25) is 0 Å². The second-order valence-electron chi connectivity index (χ2n) is 9.58. The fraction of sp³-hybridized carbons (Fsp3) is 0.300. The standard InChI is InChI=1S/C30H34N4O/c1-19-9-10-22(20(2)25-11-12-27(32-4)30(31)21(25)3)15-24(19)17-34-13-14-35-29-16-23-7-5-6-8-26(23)33-28(29)18-34/h5-12,15-16,20,32H,13-14,17-18,31H2,1-4H3. The van der Waals surface area contributed by atoms with Crippen molar-refractivity contribution in [3.05, 3.63) is 94.2 Å². The minimum Gasteiger partial charge on any atom is -0.490 e. The molecule has 0 spiro atoms. The number of aromatic nitrogens is 1. The second-order valence-corrected chi connectivity index (χ2v) is 9.58. The minimum absolute atomic E-state index is 0.254. The van der Waals surface area contributed by atoms with Crippen molar-refractivity contribution in [3.63, 3.8) is 0 Å². The largest absolute Gasteiger partial charge is 0.490 e. The maximum Gasteiger partial charge on any atom is 0.142 e. The van der Waals surface area contributed by atoms with Crippen molar-refractivity contribution in [1.29, 1.82) is 0 Å². The Balaban J connectivity index is 1.40. The van der Waals surface area contributed by atoms with E-state index in [4.69, 9.17) is 15.5 Å². The van der Waals surface area contributed by atoms with Gasteiger partial charge in [-0.15, -0.1) is 0 Å². The number of benzene rings is 3. The van der Waals surface area contributed by atoms with Gasteiger partial charge in [-0.25, -0.2) is 4.98 Å². The van der Waals surface area contributed by atoms with Crippen LogP contribution in [0.4, 0.5) is 11.4 Å². The van der Waals surface area contributed by atoms with Crippen LogP contribution in [-0.4, -0.2) is 30.1 Å². The summed E-state index contributed by atoms with van der Waals surface area (Å²) in [7, 11) is 1.91. The van der Waals surface area contributed by atoms with Crippen molar-refractivity contribution in [2.75, 3.05) is 31.2 Å². The number of nitrogens with zero attached hydrogens (tertiary/aromatic N) is 2. The van der Waals surface area contributed by atoms with Crippen molar-refractivity contribution >= 4 is 22.3 Å². The molecule has 1 atom stereocenters. The number of aryl methyl sites for hydroxylation is 1. The number of rotatable bonds is 5. The van der Waals surface area contributed by atoms with Crippen LogP contribution in [0.5, 0.6) is 5.75 Å². The molecule has 3 aromatic carbocycles. The lowest BCUT2D eigenvalue weighted by Crippen LogP contribution is -2.26. The minimum atomic E-state index is 0.254. The summed E-state index contributed by atoms with van der Waals surface area (Å²) in [5, 5.41) is 4.30. The summed E-state index contributed by atoms with van der Waals surface area (Å²) in [4.78, 5) is 7.36. The van der Waals surface area contributed by atoms with Gasteiger partial charge in [-0.1, -0.05) is 49.4 Å². The van der Waals surface area contributed by atoms with Crippen LogP contribution in [0.15, 0.2) is 60.7 Å². The van der Waals surface area contributed by atoms with Gasteiger partial charge in [0.15, 0.2) is 0 Å². The van der Waals surface area contributed by atoms with Crippen LogP contribution < -0.4 is 15.8 Å². The highest BCUT2D eigenvalue weighted by molar-refractivity contribution is 5.80. The molecule has 3 N–H and O–H groups in total. The Morgan fingerprint density at radius 1 is 1.09 bits per heavy atom. The molecule has 4 aromatic rings. The molecule has 180 valence electrons. The molecule has 1 unspecified atom stereocenters. The number of ether oxygens (including phenoxy) is 1. The summed E-state index contributed by atoms with van der Waals surface area (Å²) in [5.41, 5.74) is 16.6. The van der Waals surface area contributed by atoms with Crippen LogP contribution >= 0.6 is 0 Å². The molecule has 5 nitrogen and oxygen atoms in total. The summed E-state index contributed by atoms with van der Waals surface area (Å²) in [6.45, 7) is 9.75. The topological polar surface area (TPSA) is 63.4 Å². The molecule has 0 bridgehead atoms. The van der Waals surface area contributed by atoms with E-state index < -0.39 is 0 Å². The number of hydrogen-bond donors (Lipinski definition) is 2. The molecule has 2 heterocycles. The number of nitrogens with one attached hydrogen (secondary N) is 1. The normalized spacial score (nSPS) is 14.7. The molecular weight excluding hydrogens is 432 g/mol. The number of fused-ring (bicyclic) bond motifs is 2. The first-order valence-electron chi connectivity index (χ1n) is 12.3. The Hall–Kier alpha value is -3.57. The third-order valence-corrected chi connectivity index (χ3v) is 7.36. The second kappa shape index (κ2) is 9.59. The molecular formula is C30H34N4O. The van der Waals surface area contributed by atoms with Gasteiger partial charge in [0.1, 0.15) is 12.4 Å². The average Bonchev–Trinajstić information content (AvgIpc) is 3.06. The van der Waals surface area contributed by atoms with Gasteiger partial charge in [-0.05, 0) is 59.9 Å². The molecule has 1 aliphatic rings. The number of nitrogen functional groups attached to an aromatic ring is 1. The molecule has 35 heavy (non-hydrogen) atoms. The molecule has 0 fully saturated rings. The molecule has 0 radical (unpaired) electrons. The zero-order valence-electron chi connectivity index (χ0n) is 21.1. The lowest BCUT2D eigenvalue weighted by atomic mass is 9.87. The number of anilines is 2.